The van der Waals surface area contributed by atoms with E-state index in [9.17, 15) is 4.79 Å². The van der Waals surface area contributed by atoms with Crippen molar-refractivity contribution >= 4 is 27.0 Å². The fraction of sp³-hybridized carbons (Fsp3) is 0.519. The van der Waals surface area contributed by atoms with Crippen molar-refractivity contribution in [2.45, 2.75) is 70.8 Å². The highest BCUT2D eigenvalue weighted by molar-refractivity contribution is 7.13. The largest absolute Gasteiger partial charge is 0.408 e. The van der Waals surface area contributed by atoms with E-state index in [2.05, 4.69) is 47.0 Å². The molecule has 0 saturated carbocycles. The summed E-state index contributed by atoms with van der Waals surface area (Å²) in [4.78, 5) is 14.0. The Morgan fingerprint density at radius 1 is 0.912 bits per heavy atom. The number of benzene rings is 2. The van der Waals surface area contributed by atoms with Crippen LogP contribution in [0.15, 0.2) is 60.7 Å². The van der Waals surface area contributed by atoms with Crippen molar-refractivity contribution in [1.82, 2.24) is 0 Å². The highest BCUT2D eigenvalue weighted by atomic mass is 28.4. The Morgan fingerprint density at radius 2 is 1.47 bits per heavy atom. The molecule has 0 aromatic heterocycles. The lowest BCUT2D eigenvalue weighted by Gasteiger charge is -2.41. The second-order valence-corrected chi connectivity index (χ2v) is 19.8. The molecule has 188 valence electrons. The molecule has 0 unspecified atom stereocenters. The summed E-state index contributed by atoms with van der Waals surface area (Å²) in [5.41, 5.74) is 1.08. The minimum absolute atomic E-state index is 0.0196. The van der Waals surface area contributed by atoms with Crippen molar-refractivity contribution in [3.05, 3.63) is 66.2 Å². The van der Waals surface area contributed by atoms with Gasteiger partial charge in [-0.2, -0.15) is 0 Å². The zero-order chi connectivity index (χ0) is 25.4. The maximum absolute atomic E-state index is 14.0. The van der Waals surface area contributed by atoms with Gasteiger partial charge in [-0.3, -0.25) is 0 Å². The van der Waals surface area contributed by atoms with Crippen molar-refractivity contribution in [3.8, 4) is 0 Å². The fourth-order valence-electron chi connectivity index (χ4n) is 3.45. The second-order valence-electron chi connectivity index (χ2n) is 10.8. The van der Waals surface area contributed by atoms with E-state index in [1.807, 2.05) is 60.7 Å². The van der Waals surface area contributed by atoms with Crippen LogP contribution >= 0.6 is 0 Å². The fourth-order valence-corrected chi connectivity index (χ4v) is 7.04. The normalized spacial score (nSPS) is 14.6. The maximum atomic E-state index is 14.0. The van der Waals surface area contributed by atoms with Gasteiger partial charge in [0.05, 0.1) is 13.2 Å². The van der Waals surface area contributed by atoms with Gasteiger partial charge in [0.15, 0.2) is 16.4 Å². The summed E-state index contributed by atoms with van der Waals surface area (Å²) in [7, 11) is -3.18. The number of methoxy groups -OCH3 is 1. The molecule has 0 heterocycles. The number of ether oxygens (including phenoxy) is 3. The van der Waals surface area contributed by atoms with Gasteiger partial charge in [-0.05, 0) is 23.7 Å². The Kier molecular flexibility index (Phi) is 10.4. The summed E-state index contributed by atoms with van der Waals surface area (Å²) in [5, 5.41) is 1.14. The van der Waals surface area contributed by atoms with E-state index in [-0.39, 0.29) is 23.8 Å². The van der Waals surface area contributed by atoms with Crippen LogP contribution in [0.5, 0.6) is 0 Å². The van der Waals surface area contributed by atoms with Gasteiger partial charge in [0, 0.05) is 7.11 Å². The summed E-state index contributed by atoms with van der Waals surface area (Å²) in [6.07, 6.45) is -1.30. The molecule has 0 aliphatic rings. The molecule has 0 bridgehead atoms. The molecule has 0 aliphatic carbocycles. The zero-order valence-electron chi connectivity index (χ0n) is 22.1. The van der Waals surface area contributed by atoms with Crippen molar-refractivity contribution in [2.75, 3.05) is 20.5 Å². The van der Waals surface area contributed by atoms with E-state index in [0.29, 0.717) is 6.61 Å². The van der Waals surface area contributed by atoms with Crippen molar-refractivity contribution in [3.63, 3.8) is 0 Å². The monoisotopic (exact) mass is 502 g/mol. The summed E-state index contributed by atoms with van der Waals surface area (Å²) in [5.74, 6) is 0. The second kappa shape index (κ2) is 12.4. The first-order valence-electron chi connectivity index (χ1n) is 11.9. The van der Waals surface area contributed by atoms with Gasteiger partial charge in [-0.15, -0.1) is 0 Å². The van der Waals surface area contributed by atoms with Crippen molar-refractivity contribution < 1.29 is 23.4 Å². The Balaban J connectivity index is 2.35. The van der Waals surface area contributed by atoms with Crippen molar-refractivity contribution in [2.24, 2.45) is 0 Å². The summed E-state index contributed by atoms with van der Waals surface area (Å²) in [6.45, 7) is 15.8. The minimum atomic E-state index is -2.52. The molecule has 2 atom stereocenters. The van der Waals surface area contributed by atoms with E-state index in [1.165, 1.54) is 0 Å². The summed E-state index contributed by atoms with van der Waals surface area (Å²) >= 11 is 0. The Morgan fingerprint density at radius 3 is 2.00 bits per heavy atom. The van der Waals surface area contributed by atoms with Crippen LogP contribution in [0.1, 0.15) is 26.3 Å². The van der Waals surface area contributed by atoms with E-state index < -0.39 is 28.6 Å². The van der Waals surface area contributed by atoms with E-state index >= 15 is 0 Å². The standard InChI is InChI=1S/C27H42O5Si2/c1-27(2,3)34(7,8)32-24(20-30-19-22-15-11-9-12-16-22)25(31-21-29-4)26(28)33(5,6)23-17-13-10-14-18-23/h9-18,24-25H,19-21H2,1-8H3/t24-,25+/m1/s1. The van der Waals surface area contributed by atoms with Crippen LogP contribution in [0.4, 0.5) is 0 Å². The first-order valence-corrected chi connectivity index (χ1v) is 17.8. The topological polar surface area (TPSA) is 54.0 Å². The van der Waals surface area contributed by atoms with Crippen molar-refractivity contribution in [1.29, 1.82) is 0 Å². The Bertz CT molecular complexity index is 879. The maximum Gasteiger partial charge on any atom is 0.192 e. The van der Waals surface area contributed by atoms with Crippen LogP contribution in [0.25, 0.3) is 0 Å². The van der Waals surface area contributed by atoms with Crippen LogP contribution in [0.2, 0.25) is 31.2 Å². The lowest BCUT2D eigenvalue weighted by Crippen LogP contribution is -2.60. The molecule has 0 radical (unpaired) electrons. The molecule has 5 nitrogen and oxygen atoms in total. The molecule has 2 aromatic rings. The molecule has 0 spiro atoms. The Hall–Kier alpha value is -1.62. The number of carbonyl (C=O) groups is 1. The molecule has 2 aromatic carbocycles. The van der Waals surface area contributed by atoms with Crippen LogP contribution in [-0.4, -0.2) is 54.5 Å². The van der Waals surface area contributed by atoms with Crippen LogP contribution in [0, 0.1) is 0 Å². The number of hydrogen-bond acceptors (Lipinski definition) is 5. The minimum Gasteiger partial charge on any atom is -0.408 e. The van der Waals surface area contributed by atoms with Gasteiger partial charge in [0.25, 0.3) is 0 Å². The summed E-state index contributed by atoms with van der Waals surface area (Å²) in [6, 6.07) is 20.0. The molecular weight excluding hydrogens is 460 g/mol. The molecule has 0 amide bonds. The van der Waals surface area contributed by atoms with E-state index in [4.69, 9.17) is 18.6 Å². The first kappa shape index (κ1) is 28.6. The molecule has 0 aliphatic heterocycles. The van der Waals surface area contributed by atoms with Crippen LogP contribution in [-0.2, 0) is 30.0 Å². The average Bonchev–Trinajstić information content (AvgIpc) is 2.79. The molecule has 0 fully saturated rings. The third kappa shape index (κ3) is 7.70. The van der Waals surface area contributed by atoms with Gasteiger partial charge >= 0.3 is 0 Å². The smallest absolute Gasteiger partial charge is 0.192 e. The lowest BCUT2D eigenvalue weighted by molar-refractivity contribution is -0.149. The number of hydrogen-bond donors (Lipinski definition) is 0. The Labute approximate surface area is 207 Å². The average molecular weight is 503 g/mol. The van der Waals surface area contributed by atoms with E-state index in [0.717, 1.165) is 10.8 Å². The van der Waals surface area contributed by atoms with Gasteiger partial charge < -0.3 is 23.4 Å². The first-order chi connectivity index (χ1) is 15.9. The van der Waals surface area contributed by atoms with Gasteiger partial charge in [-0.25, -0.2) is 0 Å². The highest BCUT2D eigenvalue weighted by Gasteiger charge is 2.46. The number of rotatable bonds is 13. The number of carbonyl (C=O) groups excluding carboxylic acids is 1. The molecule has 2 rings (SSSR count). The quantitative estimate of drug-likeness (QED) is 0.275. The lowest BCUT2D eigenvalue weighted by atomic mass is 10.2. The van der Waals surface area contributed by atoms with Gasteiger partial charge in [0.1, 0.15) is 24.4 Å². The zero-order valence-corrected chi connectivity index (χ0v) is 24.1. The van der Waals surface area contributed by atoms with Gasteiger partial charge in [-0.1, -0.05) is 99.7 Å². The molecule has 0 saturated heterocycles. The van der Waals surface area contributed by atoms with Gasteiger partial charge in [0.2, 0.25) is 0 Å². The predicted octanol–water partition coefficient (Wildman–Crippen LogP) is 5.31. The molecular formula is C27H42O5Si2. The van der Waals surface area contributed by atoms with Crippen LogP contribution in [0.3, 0.4) is 0 Å². The van der Waals surface area contributed by atoms with Crippen LogP contribution < -0.4 is 5.19 Å². The third-order valence-corrected chi connectivity index (χ3v) is 14.5. The van der Waals surface area contributed by atoms with E-state index in [1.54, 1.807) is 7.11 Å². The predicted molar refractivity (Wildman–Crippen MR) is 143 cm³/mol. The molecule has 34 heavy (non-hydrogen) atoms. The summed E-state index contributed by atoms with van der Waals surface area (Å²) < 4.78 is 24.2. The third-order valence-electron chi connectivity index (χ3n) is 6.72. The SMILES string of the molecule is COCO[C@H](C(=O)[Si](C)(C)c1ccccc1)[C@@H](COCc1ccccc1)O[Si](C)(C)C(C)(C)C. The molecule has 0 N–H and O–H groups in total. The highest BCUT2D eigenvalue weighted by Crippen LogP contribution is 2.38. The molecule has 7 heteroatoms.